The molecule has 0 aliphatic carbocycles. The van der Waals surface area contributed by atoms with Crippen LogP contribution in [0.25, 0.3) is 0 Å². The fraction of sp³-hybridized carbons (Fsp3) is 0.500. The lowest BCUT2D eigenvalue weighted by atomic mass is 10.1. The molecule has 1 aromatic carbocycles. The van der Waals surface area contributed by atoms with Gasteiger partial charge in [0.2, 0.25) is 0 Å². The second kappa shape index (κ2) is 7.15. The number of rotatable bonds is 6. The molecule has 1 aromatic rings. The van der Waals surface area contributed by atoms with E-state index in [0.717, 1.165) is 0 Å². The number of esters is 2. The number of benzene rings is 1. The second-order valence-electron chi connectivity index (χ2n) is 5.20. The lowest BCUT2D eigenvalue weighted by Crippen LogP contribution is -2.39. The van der Waals surface area contributed by atoms with Gasteiger partial charge in [-0.05, 0) is 39.3 Å². The van der Waals surface area contributed by atoms with Gasteiger partial charge >= 0.3 is 11.9 Å². The molecular formula is C16H22O6. The Hall–Kier alpha value is -2.24. The number of ether oxygens (including phenoxy) is 4. The van der Waals surface area contributed by atoms with E-state index < -0.39 is 17.5 Å². The highest BCUT2D eigenvalue weighted by molar-refractivity contribution is 5.79. The number of hydrogen-bond donors (Lipinski definition) is 0. The van der Waals surface area contributed by atoms with E-state index in [0.29, 0.717) is 22.8 Å². The first kappa shape index (κ1) is 17.8. The van der Waals surface area contributed by atoms with Crippen LogP contribution in [-0.4, -0.2) is 31.3 Å². The van der Waals surface area contributed by atoms with E-state index in [4.69, 9.17) is 18.9 Å². The summed E-state index contributed by atoms with van der Waals surface area (Å²) < 4.78 is 21.0. The summed E-state index contributed by atoms with van der Waals surface area (Å²) >= 11 is 0. The zero-order valence-corrected chi connectivity index (χ0v) is 13.8. The summed E-state index contributed by atoms with van der Waals surface area (Å²) in [6, 6.07) is 3.20. The van der Waals surface area contributed by atoms with Crippen molar-refractivity contribution in [2.24, 2.45) is 0 Å². The summed E-state index contributed by atoms with van der Waals surface area (Å²) in [5.41, 5.74) is -0.441. The Morgan fingerprint density at radius 3 is 2.27 bits per heavy atom. The highest BCUT2D eigenvalue weighted by atomic mass is 16.6. The summed E-state index contributed by atoms with van der Waals surface area (Å²) in [7, 11) is 1.46. The summed E-state index contributed by atoms with van der Waals surface area (Å²) in [5.74, 6) is 0.186. The molecule has 0 fully saturated rings. The molecule has 0 aliphatic rings. The molecule has 0 radical (unpaired) electrons. The van der Waals surface area contributed by atoms with Crippen LogP contribution < -0.4 is 14.2 Å². The fourth-order valence-electron chi connectivity index (χ4n) is 1.77. The minimum atomic E-state index is -1.14. The number of carbonyl (C=O) groups is 2. The maximum Gasteiger partial charge on any atom is 0.349 e. The largest absolute Gasteiger partial charge is 0.493 e. The molecule has 22 heavy (non-hydrogen) atoms. The van der Waals surface area contributed by atoms with Gasteiger partial charge in [-0.1, -0.05) is 0 Å². The van der Waals surface area contributed by atoms with E-state index in [1.165, 1.54) is 14.0 Å². The maximum atomic E-state index is 11.9. The molecule has 0 bridgehead atoms. The van der Waals surface area contributed by atoms with Gasteiger partial charge in [-0.25, -0.2) is 4.79 Å². The van der Waals surface area contributed by atoms with Crippen molar-refractivity contribution in [3.8, 4) is 17.2 Å². The smallest absolute Gasteiger partial charge is 0.349 e. The molecule has 6 heteroatoms. The number of carbonyl (C=O) groups excluding carboxylic acids is 2. The molecule has 0 atom stereocenters. The van der Waals surface area contributed by atoms with Crippen LogP contribution in [0.1, 0.15) is 33.3 Å². The Kier molecular flexibility index (Phi) is 5.79. The Morgan fingerprint density at radius 1 is 1.14 bits per heavy atom. The summed E-state index contributed by atoms with van der Waals surface area (Å²) in [5, 5.41) is 0. The van der Waals surface area contributed by atoms with E-state index in [9.17, 15) is 9.59 Å². The van der Waals surface area contributed by atoms with Crippen LogP contribution in [-0.2, 0) is 14.3 Å². The molecule has 0 aromatic heterocycles. The SMILES string of the molecule is CCOC(=O)C(C)(C)Oc1cc(OC)c(OC(C)=O)cc1C. The van der Waals surface area contributed by atoms with Crippen LogP contribution >= 0.6 is 0 Å². The van der Waals surface area contributed by atoms with Gasteiger partial charge in [-0.3, -0.25) is 4.79 Å². The van der Waals surface area contributed by atoms with Crippen molar-refractivity contribution in [1.29, 1.82) is 0 Å². The average molecular weight is 310 g/mol. The van der Waals surface area contributed by atoms with Gasteiger partial charge in [0.1, 0.15) is 5.75 Å². The predicted molar refractivity (Wildman–Crippen MR) is 80.4 cm³/mol. The van der Waals surface area contributed by atoms with Crippen molar-refractivity contribution in [3.05, 3.63) is 17.7 Å². The van der Waals surface area contributed by atoms with Crippen LogP contribution in [0.2, 0.25) is 0 Å². The van der Waals surface area contributed by atoms with E-state index in [-0.39, 0.29) is 6.61 Å². The van der Waals surface area contributed by atoms with Crippen molar-refractivity contribution >= 4 is 11.9 Å². The molecule has 0 N–H and O–H groups in total. The van der Waals surface area contributed by atoms with Gasteiger partial charge in [0, 0.05) is 13.0 Å². The third-order valence-electron chi connectivity index (χ3n) is 2.85. The molecule has 0 unspecified atom stereocenters. The standard InChI is InChI=1S/C16H22O6/c1-7-20-15(18)16(4,5)22-12-9-13(19-6)14(8-10(12)2)21-11(3)17/h8-9H,7H2,1-6H3. The van der Waals surface area contributed by atoms with Crippen molar-refractivity contribution in [2.75, 3.05) is 13.7 Å². The van der Waals surface area contributed by atoms with Gasteiger partial charge < -0.3 is 18.9 Å². The van der Waals surface area contributed by atoms with E-state index in [1.807, 2.05) is 0 Å². The average Bonchev–Trinajstić information content (AvgIpc) is 2.41. The molecule has 122 valence electrons. The summed E-state index contributed by atoms with van der Waals surface area (Å²) in [6.07, 6.45) is 0. The van der Waals surface area contributed by atoms with Crippen molar-refractivity contribution in [1.82, 2.24) is 0 Å². The van der Waals surface area contributed by atoms with Gasteiger partial charge in [0.15, 0.2) is 17.1 Å². The Bertz CT molecular complexity index is 562. The monoisotopic (exact) mass is 310 g/mol. The van der Waals surface area contributed by atoms with Crippen LogP contribution in [0.5, 0.6) is 17.2 Å². The molecule has 0 amide bonds. The van der Waals surface area contributed by atoms with Gasteiger partial charge in [-0.15, -0.1) is 0 Å². The topological polar surface area (TPSA) is 71.1 Å². The van der Waals surface area contributed by atoms with Crippen LogP contribution in [0.3, 0.4) is 0 Å². The Balaban J connectivity index is 3.10. The zero-order chi connectivity index (χ0) is 16.9. The van der Waals surface area contributed by atoms with Gasteiger partial charge in [0.05, 0.1) is 13.7 Å². The number of methoxy groups -OCH3 is 1. The maximum absolute atomic E-state index is 11.9. The van der Waals surface area contributed by atoms with E-state index >= 15 is 0 Å². The van der Waals surface area contributed by atoms with Crippen molar-refractivity contribution < 1.29 is 28.5 Å². The molecule has 0 spiro atoms. The van der Waals surface area contributed by atoms with Crippen LogP contribution in [0, 0.1) is 6.92 Å². The highest BCUT2D eigenvalue weighted by Crippen LogP contribution is 2.36. The molecule has 0 aliphatic heterocycles. The zero-order valence-electron chi connectivity index (χ0n) is 13.8. The molecule has 0 saturated heterocycles. The molecule has 0 heterocycles. The normalized spacial score (nSPS) is 10.8. The number of aryl methyl sites for hydroxylation is 1. The molecule has 6 nitrogen and oxygen atoms in total. The number of hydrogen-bond acceptors (Lipinski definition) is 6. The lowest BCUT2D eigenvalue weighted by Gasteiger charge is -2.25. The lowest BCUT2D eigenvalue weighted by molar-refractivity contribution is -0.158. The minimum Gasteiger partial charge on any atom is -0.493 e. The van der Waals surface area contributed by atoms with Crippen LogP contribution in [0.4, 0.5) is 0 Å². The molecule has 0 saturated carbocycles. The van der Waals surface area contributed by atoms with Crippen LogP contribution in [0.15, 0.2) is 12.1 Å². The molecule has 1 rings (SSSR count). The Morgan fingerprint density at radius 2 is 1.77 bits per heavy atom. The third kappa shape index (κ3) is 4.38. The second-order valence-corrected chi connectivity index (χ2v) is 5.20. The fourth-order valence-corrected chi connectivity index (χ4v) is 1.77. The third-order valence-corrected chi connectivity index (χ3v) is 2.85. The summed E-state index contributed by atoms with van der Waals surface area (Å²) in [6.45, 7) is 8.34. The first-order valence-electron chi connectivity index (χ1n) is 6.94. The van der Waals surface area contributed by atoms with E-state index in [1.54, 1.807) is 39.8 Å². The van der Waals surface area contributed by atoms with E-state index in [2.05, 4.69) is 0 Å². The van der Waals surface area contributed by atoms with Crippen molar-refractivity contribution in [3.63, 3.8) is 0 Å². The highest BCUT2D eigenvalue weighted by Gasteiger charge is 2.32. The summed E-state index contributed by atoms with van der Waals surface area (Å²) in [4.78, 5) is 23.0. The minimum absolute atomic E-state index is 0.277. The first-order valence-corrected chi connectivity index (χ1v) is 6.94. The molecular weight excluding hydrogens is 288 g/mol. The van der Waals surface area contributed by atoms with Gasteiger partial charge in [-0.2, -0.15) is 0 Å². The van der Waals surface area contributed by atoms with Gasteiger partial charge in [0.25, 0.3) is 0 Å². The predicted octanol–water partition coefficient (Wildman–Crippen LogP) is 2.65. The quantitative estimate of drug-likeness (QED) is 0.594. The Labute approximate surface area is 130 Å². The van der Waals surface area contributed by atoms with Crippen molar-refractivity contribution in [2.45, 2.75) is 40.2 Å². The first-order chi connectivity index (χ1) is 10.2.